The maximum Gasteiger partial charge on any atom is 0.245 e. The number of rotatable bonds is 8. The maximum absolute atomic E-state index is 12.1. The Kier molecular flexibility index (Phi) is 8.80. The molecule has 0 fully saturated rings. The number of amides is 1. The van der Waals surface area contributed by atoms with Crippen LogP contribution in [0.4, 0.5) is 11.4 Å². The number of Topliss-reactive ketones (excluding diaryl/α,β-unsaturated/α-hetero) is 1. The summed E-state index contributed by atoms with van der Waals surface area (Å²) in [6.07, 6.45) is -0.386. The normalized spacial score (nSPS) is 11.8. The van der Waals surface area contributed by atoms with Crippen LogP contribution in [0.5, 0.6) is 0 Å². The molecule has 2 aromatic carbocycles. The first kappa shape index (κ1) is 24.6. The lowest BCUT2D eigenvalue weighted by Gasteiger charge is -2.15. The number of nitrogens with one attached hydrogen (secondary N) is 4. The molecule has 0 aromatic heterocycles. The molecule has 0 bridgehead atoms. The molecule has 0 heterocycles. The SMILES string of the molecule is Cc1ccccc1NC(=S)NNC(=O)CC(=O)CC(S)Nc1ccc(S(N)(=O)=O)cc1. The van der Waals surface area contributed by atoms with Gasteiger partial charge in [-0.1, -0.05) is 18.2 Å². The van der Waals surface area contributed by atoms with Crippen LogP contribution in [0.1, 0.15) is 18.4 Å². The smallest absolute Gasteiger partial charge is 0.245 e. The summed E-state index contributed by atoms with van der Waals surface area (Å²) in [4.78, 5) is 24.0. The molecule has 0 radical (unpaired) electrons. The average Bonchev–Trinajstić information content (AvgIpc) is 2.67. The second kappa shape index (κ2) is 11.1. The van der Waals surface area contributed by atoms with Gasteiger partial charge in [0.2, 0.25) is 15.9 Å². The minimum atomic E-state index is -3.78. The summed E-state index contributed by atoms with van der Waals surface area (Å²) < 4.78 is 22.5. The quantitative estimate of drug-likeness (QED) is 0.110. The van der Waals surface area contributed by atoms with Gasteiger partial charge in [0.25, 0.3) is 0 Å². The minimum absolute atomic E-state index is 0.0242. The number of nitrogens with two attached hydrogens (primary N) is 1. The third-order valence-corrected chi connectivity index (χ3v) is 5.45. The van der Waals surface area contributed by atoms with Crippen molar-refractivity contribution >= 4 is 63.0 Å². The second-order valence-corrected chi connectivity index (χ2v) is 9.18. The van der Waals surface area contributed by atoms with E-state index in [-0.39, 0.29) is 28.6 Å². The molecule has 166 valence electrons. The van der Waals surface area contributed by atoms with Crippen LogP contribution in [0.25, 0.3) is 0 Å². The van der Waals surface area contributed by atoms with Crippen LogP contribution in [-0.4, -0.2) is 30.6 Å². The highest BCUT2D eigenvalue weighted by Gasteiger charge is 2.15. The van der Waals surface area contributed by atoms with Gasteiger partial charge in [0.1, 0.15) is 5.78 Å². The number of hydrogen-bond acceptors (Lipinski definition) is 7. The van der Waals surface area contributed by atoms with E-state index in [4.69, 9.17) is 17.4 Å². The lowest BCUT2D eigenvalue weighted by atomic mass is 10.2. The van der Waals surface area contributed by atoms with Gasteiger partial charge in [0.05, 0.1) is 16.7 Å². The van der Waals surface area contributed by atoms with Crippen LogP contribution in [-0.2, 0) is 19.6 Å². The highest BCUT2D eigenvalue weighted by Crippen LogP contribution is 2.16. The zero-order valence-electron chi connectivity index (χ0n) is 16.6. The number of para-hydroxylation sites is 1. The highest BCUT2D eigenvalue weighted by molar-refractivity contribution is 7.89. The Labute approximate surface area is 191 Å². The summed E-state index contributed by atoms with van der Waals surface area (Å²) in [5.74, 6) is -0.886. The zero-order valence-corrected chi connectivity index (χ0v) is 19.1. The van der Waals surface area contributed by atoms with E-state index >= 15 is 0 Å². The molecule has 0 spiro atoms. The predicted octanol–water partition coefficient (Wildman–Crippen LogP) is 1.68. The van der Waals surface area contributed by atoms with Crippen molar-refractivity contribution in [1.29, 1.82) is 0 Å². The van der Waals surface area contributed by atoms with Crippen LogP contribution >= 0.6 is 24.8 Å². The van der Waals surface area contributed by atoms with Gasteiger partial charge >= 0.3 is 0 Å². The van der Waals surface area contributed by atoms with Gasteiger partial charge in [-0.05, 0) is 55.0 Å². The first-order valence-electron chi connectivity index (χ1n) is 9.05. The maximum atomic E-state index is 12.1. The molecule has 6 N–H and O–H groups in total. The van der Waals surface area contributed by atoms with Crippen molar-refractivity contribution in [1.82, 2.24) is 10.9 Å². The molecule has 31 heavy (non-hydrogen) atoms. The second-order valence-electron chi connectivity index (χ2n) is 6.59. The summed E-state index contributed by atoms with van der Waals surface area (Å²) in [6, 6.07) is 13.2. The van der Waals surface area contributed by atoms with Crippen molar-refractivity contribution in [3.05, 3.63) is 54.1 Å². The number of hydrogen-bond donors (Lipinski definition) is 6. The number of thiocarbonyl (C=S) groups is 1. The van der Waals surface area contributed by atoms with E-state index < -0.39 is 21.3 Å². The fraction of sp³-hybridized carbons (Fsp3) is 0.211. The van der Waals surface area contributed by atoms with E-state index in [0.717, 1.165) is 11.3 Å². The Bertz CT molecular complexity index is 1060. The summed E-state index contributed by atoms with van der Waals surface area (Å²) in [6.45, 7) is 1.92. The van der Waals surface area contributed by atoms with Crippen LogP contribution < -0.4 is 26.6 Å². The topological polar surface area (TPSA) is 142 Å². The molecule has 0 saturated carbocycles. The van der Waals surface area contributed by atoms with Gasteiger partial charge in [0, 0.05) is 17.8 Å². The molecule has 0 aliphatic carbocycles. The number of thiol groups is 1. The van der Waals surface area contributed by atoms with Gasteiger partial charge in [-0.25, -0.2) is 13.6 Å². The Balaban J connectivity index is 1.74. The Morgan fingerprint density at radius 2 is 1.74 bits per heavy atom. The minimum Gasteiger partial charge on any atom is -0.373 e. The third-order valence-electron chi connectivity index (χ3n) is 4.00. The summed E-state index contributed by atoms with van der Waals surface area (Å²) in [7, 11) is -3.78. The van der Waals surface area contributed by atoms with E-state index in [9.17, 15) is 18.0 Å². The molecule has 1 atom stereocenters. The van der Waals surface area contributed by atoms with E-state index in [0.29, 0.717) is 5.69 Å². The summed E-state index contributed by atoms with van der Waals surface area (Å²) >= 11 is 9.40. The number of benzene rings is 2. The van der Waals surface area contributed by atoms with Gasteiger partial charge in [-0.3, -0.25) is 20.4 Å². The number of aryl methyl sites for hydroxylation is 1. The van der Waals surface area contributed by atoms with Gasteiger partial charge in [-0.2, -0.15) is 12.6 Å². The van der Waals surface area contributed by atoms with Crippen LogP contribution in [0.15, 0.2) is 53.4 Å². The molecular weight excluding hydrogens is 458 g/mol. The van der Waals surface area contributed by atoms with Crippen molar-refractivity contribution < 1.29 is 18.0 Å². The van der Waals surface area contributed by atoms with Gasteiger partial charge in [-0.15, -0.1) is 0 Å². The molecule has 9 nitrogen and oxygen atoms in total. The molecule has 1 amide bonds. The van der Waals surface area contributed by atoms with Crippen molar-refractivity contribution in [2.45, 2.75) is 30.0 Å². The molecule has 0 saturated heterocycles. The molecule has 1 unspecified atom stereocenters. The van der Waals surface area contributed by atoms with Crippen molar-refractivity contribution in [2.75, 3.05) is 10.6 Å². The first-order chi connectivity index (χ1) is 14.5. The van der Waals surface area contributed by atoms with Gasteiger partial charge in [0.15, 0.2) is 5.11 Å². The average molecular weight is 482 g/mol. The third kappa shape index (κ3) is 8.53. The molecule has 12 heteroatoms. The fourth-order valence-corrected chi connectivity index (χ4v) is 3.52. The first-order valence-corrected chi connectivity index (χ1v) is 11.5. The Hall–Kier alpha value is -2.67. The summed E-state index contributed by atoms with van der Waals surface area (Å²) in [5.41, 5.74) is 7.26. The number of carbonyl (C=O) groups is 2. The molecule has 0 aliphatic rings. The monoisotopic (exact) mass is 481 g/mol. The molecule has 2 aromatic rings. The highest BCUT2D eigenvalue weighted by atomic mass is 32.2. The molecule has 0 aliphatic heterocycles. The van der Waals surface area contributed by atoms with E-state index in [1.807, 2.05) is 31.2 Å². The van der Waals surface area contributed by atoms with Crippen LogP contribution in [0.2, 0.25) is 0 Å². The largest absolute Gasteiger partial charge is 0.373 e. The number of sulfonamides is 1. The molecular formula is C19H23N5O4S3. The lowest BCUT2D eigenvalue weighted by molar-refractivity contribution is -0.128. The number of ketones is 1. The van der Waals surface area contributed by atoms with Crippen molar-refractivity contribution in [3.63, 3.8) is 0 Å². The number of hydrazine groups is 1. The Morgan fingerprint density at radius 3 is 2.35 bits per heavy atom. The Morgan fingerprint density at radius 1 is 1.10 bits per heavy atom. The van der Waals surface area contributed by atoms with Crippen molar-refractivity contribution in [3.8, 4) is 0 Å². The fourth-order valence-electron chi connectivity index (χ4n) is 2.49. The lowest BCUT2D eigenvalue weighted by Crippen LogP contribution is -2.44. The number of carbonyl (C=O) groups excluding carboxylic acids is 2. The summed E-state index contributed by atoms with van der Waals surface area (Å²) in [5, 5.41) is 10.5. The van der Waals surface area contributed by atoms with E-state index in [1.165, 1.54) is 24.3 Å². The number of primary sulfonamides is 1. The molecule has 2 rings (SSSR count). The number of anilines is 2. The zero-order chi connectivity index (χ0) is 23.0. The standard InChI is InChI=1S/C19H23N5O4S3/c1-12-4-2-3-5-16(12)22-19(30)24-23-17(26)10-14(25)11-18(29)21-13-6-8-15(9-7-13)31(20,27)28/h2-9,18,21,29H,10-11H2,1H3,(H,23,26)(H2,20,27,28)(H2,22,24,30). The predicted molar refractivity (Wildman–Crippen MR) is 127 cm³/mol. The van der Waals surface area contributed by atoms with E-state index in [2.05, 4.69) is 34.1 Å². The van der Waals surface area contributed by atoms with E-state index in [1.54, 1.807) is 0 Å². The van der Waals surface area contributed by atoms with Crippen LogP contribution in [0.3, 0.4) is 0 Å². The van der Waals surface area contributed by atoms with Crippen LogP contribution in [0, 0.1) is 6.92 Å². The van der Waals surface area contributed by atoms with Crippen molar-refractivity contribution in [2.24, 2.45) is 5.14 Å². The van der Waals surface area contributed by atoms with Gasteiger partial charge < -0.3 is 10.6 Å².